The third-order valence-electron chi connectivity index (χ3n) is 5.66. The summed E-state index contributed by atoms with van der Waals surface area (Å²) in [5.74, 6) is -0.0507. The Bertz CT molecular complexity index is 1010. The normalized spacial score (nSPS) is 14.7. The third-order valence-corrected chi connectivity index (χ3v) is 5.66. The third kappa shape index (κ3) is 4.65. The van der Waals surface area contributed by atoms with E-state index in [0.717, 1.165) is 17.5 Å². The summed E-state index contributed by atoms with van der Waals surface area (Å²) in [6.45, 7) is 2.06. The average molecular weight is 382 g/mol. The summed E-state index contributed by atoms with van der Waals surface area (Å²) in [5.41, 5.74) is 6.70. The Morgan fingerprint density at radius 1 is 0.862 bits per heavy atom. The van der Waals surface area contributed by atoms with E-state index in [0.29, 0.717) is 5.57 Å². The van der Waals surface area contributed by atoms with Crippen molar-refractivity contribution < 1.29 is 4.79 Å². The van der Waals surface area contributed by atoms with Gasteiger partial charge in [0.1, 0.15) is 0 Å². The van der Waals surface area contributed by atoms with Crippen LogP contribution in [0.3, 0.4) is 0 Å². The first kappa shape index (κ1) is 19.2. The molecule has 1 aliphatic carbocycles. The van der Waals surface area contributed by atoms with Crippen molar-refractivity contribution in [2.45, 2.75) is 38.6 Å². The van der Waals surface area contributed by atoms with Crippen LogP contribution in [0.1, 0.15) is 53.6 Å². The minimum Gasteiger partial charge on any atom is -0.345 e. The zero-order chi connectivity index (χ0) is 20.1. The highest BCUT2D eigenvalue weighted by Gasteiger charge is 2.17. The Morgan fingerprint density at radius 2 is 1.52 bits per heavy atom. The lowest BCUT2D eigenvalue weighted by Gasteiger charge is -2.20. The van der Waals surface area contributed by atoms with Crippen LogP contribution >= 0.6 is 0 Å². The first-order valence-electron chi connectivity index (χ1n) is 10.5. The molecule has 146 valence electrons. The van der Waals surface area contributed by atoms with E-state index in [2.05, 4.69) is 30.4 Å². The summed E-state index contributed by atoms with van der Waals surface area (Å²) in [4.78, 5) is 13.2. The topological polar surface area (TPSA) is 29.1 Å². The first-order chi connectivity index (χ1) is 14.2. The van der Waals surface area contributed by atoms with Crippen molar-refractivity contribution in [3.8, 4) is 0 Å². The number of benzene rings is 3. The number of carbonyl (C=O) groups excluding carboxylic acids is 1. The highest BCUT2D eigenvalue weighted by molar-refractivity contribution is 6.24. The van der Waals surface area contributed by atoms with Gasteiger partial charge in [-0.05, 0) is 66.5 Å². The van der Waals surface area contributed by atoms with Gasteiger partial charge in [-0.15, -0.1) is 0 Å². The SMILES string of the molecule is CC(NC(=O)/C(=C/c1ccccc1)c1ccccc1)c1ccc2c(c1)CCCC2. The van der Waals surface area contributed by atoms with E-state index in [4.69, 9.17) is 0 Å². The molecule has 1 aliphatic rings. The van der Waals surface area contributed by atoms with Gasteiger partial charge < -0.3 is 5.32 Å². The van der Waals surface area contributed by atoms with Crippen LogP contribution in [-0.2, 0) is 17.6 Å². The largest absolute Gasteiger partial charge is 0.345 e. The standard InChI is InChI=1S/C27H27NO/c1-20(24-17-16-22-12-8-9-15-25(22)19-24)28-27(29)26(23-13-6-3-7-14-23)18-21-10-4-2-5-11-21/h2-7,10-11,13-14,16-20H,8-9,12,15H2,1H3,(H,28,29)/b26-18+. The predicted molar refractivity (Wildman–Crippen MR) is 120 cm³/mol. The molecule has 1 amide bonds. The molecule has 1 unspecified atom stereocenters. The average Bonchev–Trinajstić information content (AvgIpc) is 2.78. The van der Waals surface area contributed by atoms with Crippen LogP contribution in [0.15, 0.2) is 78.9 Å². The van der Waals surface area contributed by atoms with E-state index >= 15 is 0 Å². The fraction of sp³-hybridized carbons (Fsp3) is 0.222. The van der Waals surface area contributed by atoms with Gasteiger partial charge in [-0.25, -0.2) is 0 Å². The molecule has 4 rings (SSSR count). The number of hydrogen-bond acceptors (Lipinski definition) is 1. The van der Waals surface area contributed by atoms with E-state index in [1.165, 1.54) is 36.0 Å². The van der Waals surface area contributed by atoms with Crippen molar-refractivity contribution in [2.75, 3.05) is 0 Å². The summed E-state index contributed by atoms with van der Waals surface area (Å²) in [7, 11) is 0. The zero-order valence-corrected chi connectivity index (χ0v) is 16.9. The molecule has 0 bridgehead atoms. The Morgan fingerprint density at radius 3 is 2.24 bits per heavy atom. The van der Waals surface area contributed by atoms with Gasteiger partial charge in [-0.2, -0.15) is 0 Å². The van der Waals surface area contributed by atoms with Crippen molar-refractivity contribution in [1.82, 2.24) is 5.32 Å². The molecule has 2 nitrogen and oxygen atoms in total. The van der Waals surface area contributed by atoms with Gasteiger partial charge in [0, 0.05) is 5.57 Å². The van der Waals surface area contributed by atoms with Crippen LogP contribution in [-0.4, -0.2) is 5.91 Å². The van der Waals surface area contributed by atoms with Gasteiger partial charge in [-0.3, -0.25) is 4.79 Å². The molecule has 0 radical (unpaired) electrons. The van der Waals surface area contributed by atoms with Crippen molar-refractivity contribution >= 4 is 17.6 Å². The quantitative estimate of drug-likeness (QED) is 0.427. The van der Waals surface area contributed by atoms with E-state index < -0.39 is 0 Å². The lowest BCUT2D eigenvalue weighted by Crippen LogP contribution is -2.27. The summed E-state index contributed by atoms with van der Waals surface area (Å²) in [6.07, 6.45) is 6.82. The van der Waals surface area contributed by atoms with Gasteiger partial charge in [0.2, 0.25) is 0 Å². The van der Waals surface area contributed by atoms with Crippen LogP contribution in [0.5, 0.6) is 0 Å². The van der Waals surface area contributed by atoms with E-state index in [1.807, 2.05) is 66.7 Å². The van der Waals surface area contributed by atoms with Crippen LogP contribution in [0.2, 0.25) is 0 Å². The number of aryl methyl sites for hydroxylation is 2. The number of fused-ring (bicyclic) bond motifs is 1. The van der Waals surface area contributed by atoms with Gasteiger partial charge in [0.25, 0.3) is 5.91 Å². The van der Waals surface area contributed by atoms with Crippen molar-refractivity contribution in [2.24, 2.45) is 0 Å². The van der Waals surface area contributed by atoms with Crippen molar-refractivity contribution in [3.05, 3.63) is 107 Å². The minimum absolute atomic E-state index is 0.0439. The molecule has 3 aromatic rings. The Balaban J connectivity index is 1.59. The van der Waals surface area contributed by atoms with Crippen LogP contribution < -0.4 is 5.32 Å². The molecule has 1 N–H and O–H groups in total. The Labute approximate surface area is 173 Å². The smallest absolute Gasteiger partial charge is 0.252 e. The second-order valence-electron chi connectivity index (χ2n) is 7.77. The highest BCUT2D eigenvalue weighted by Crippen LogP contribution is 2.26. The van der Waals surface area contributed by atoms with Crippen molar-refractivity contribution in [1.29, 1.82) is 0 Å². The molecule has 0 spiro atoms. The monoisotopic (exact) mass is 381 g/mol. The summed E-state index contributed by atoms with van der Waals surface area (Å²) in [5, 5.41) is 3.21. The second kappa shape index (κ2) is 8.91. The Hall–Kier alpha value is -3.13. The van der Waals surface area contributed by atoms with E-state index in [1.54, 1.807) is 0 Å². The molecule has 2 heteroatoms. The minimum atomic E-state index is -0.0507. The highest BCUT2D eigenvalue weighted by atomic mass is 16.1. The first-order valence-corrected chi connectivity index (χ1v) is 10.5. The number of hydrogen-bond donors (Lipinski definition) is 1. The lowest BCUT2D eigenvalue weighted by atomic mass is 9.89. The van der Waals surface area contributed by atoms with E-state index in [9.17, 15) is 4.79 Å². The molecule has 3 aromatic carbocycles. The molecule has 29 heavy (non-hydrogen) atoms. The van der Waals surface area contributed by atoms with Gasteiger partial charge >= 0.3 is 0 Å². The number of carbonyl (C=O) groups is 1. The van der Waals surface area contributed by atoms with Gasteiger partial charge in [0.05, 0.1) is 6.04 Å². The fourth-order valence-electron chi connectivity index (χ4n) is 3.99. The maximum Gasteiger partial charge on any atom is 0.252 e. The van der Waals surface area contributed by atoms with Crippen molar-refractivity contribution in [3.63, 3.8) is 0 Å². The number of nitrogens with one attached hydrogen (secondary N) is 1. The number of rotatable bonds is 5. The van der Waals surface area contributed by atoms with Crippen LogP contribution in [0, 0.1) is 0 Å². The maximum atomic E-state index is 13.2. The fourth-order valence-corrected chi connectivity index (χ4v) is 3.99. The summed E-state index contributed by atoms with van der Waals surface area (Å²) in [6, 6.07) is 26.5. The molecule has 0 aromatic heterocycles. The predicted octanol–water partition coefficient (Wildman–Crippen LogP) is 5.98. The molecule has 0 saturated carbocycles. The molecule has 0 aliphatic heterocycles. The Kier molecular flexibility index (Phi) is 5.90. The molecule has 0 saturated heterocycles. The maximum absolute atomic E-state index is 13.2. The second-order valence-corrected chi connectivity index (χ2v) is 7.77. The summed E-state index contributed by atoms with van der Waals surface area (Å²) < 4.78 is 0. The van der Waals surface area contributed by atoms with Gasteiger partial charge in [-0.1, -0.05) is 78.9 Å². The van der Waals surface area contributed by atoms with E-state index in [-0.39, 0.29) is 11.9 Å². The molecule has 1 atom stereocenters. The molecular weight excluding hydrogens is 354 g/mol. The van der Waals surface area contributed by atoms with Crippen LogP contribution in [0.4, 0.5) is 0 Å². The zero-order valence-electron chi connectivity index (χ0n) is 16.9. The van der Waals surface area contributed by atoms with Crippen LogP contribution in [0.25, 0.3) is 11.6 Å². The molecular formula is C27H27NO. The summed E-state index contributed by atoms with van der Waals surface area (Å²) >= 11 is 0. The van der Waals surface area contributed by atoms with Gasteiger partial charge in [0.15, 0.2) is 0 Å². The lowest BCUT2D eigenvalue weighted by molar-refractivity contribution is -0.116. The molecule has 0 heterocycles. The molecule has 0 fully saturated rings. The number of amides is 1.